The molecule has 2 aromatic heterocycles. The van der Waals surface area contributed by atoms with Gasteiger partial charge in [-0.05, 0) is 49.5 Å². The number of carbonyl (C=O) groups excluding carboxylic acids is 4. The van der Waals surface area contributed by atoms with Gasteiger partial charge in [-0.1, -0.05) is 36.4 Å². The van der Waals surface area contributed by atoms with E-state index in [0.29, 0.717) is 24.4 Å². The monoisotopic (exact) mass is 532 g/mol. The molecular weight excluding hydrogens is 507 g/mol. The quantitative estimate of drug-likeness (QED) is 0.322. The molecule has 2 aromatic rings. The van der Waals surface area contributed by atoms with Crippen LogP contribution >= 0.6 is 23.2 Å². The van der Waals surface area contributed by atoms with Gasteiger partial charge in [-0.2, -0.15) is 0 Å². The van der Waals surface area contributed by atoms with Gasteiger partial charge >= 0.3 is 5.97 Å². The number of halogens is 2. The van der Waals surface area contributed by atoms with Gasteiger partial charge in [-0.25, -0.2) is 9.78 Å². The molecule has 1 unspecified atom stereocenters. The Morgan fingerprint density at radius 3 is 2.00 bits per heavy atom. The number of ketones is 1. The third-order valence-electron chi connectivity index (χ3n) is 5.24. The number of esters is 1. The second-order valence-electron chi connectivity index (χ2n) is 7.45. The Bertz CT molecular complexity index is 1140. The van der Waals surface area contributed by atoms with E-state index in [1.165, 1.54) is 30.6 Å². The fourth-order valence-electron chi connectivity index (χ4n) is 3.35. The van der Waals surface area contributed by atoms with Crippen molar-refractivity contribution in [3.8, 4) is 0 Å². The lowest BCUT2D eigenvalue weighted by Gasteiger charge is -2.10. The third-order valence-corrected chi connectivity index (χ3v) is 5.85. The van der Waals surface area contributed by atoms with Gasteiger partial charge in [-0.15, -0.1) is 0 Å². The van der Waals surface area contributed by atoms with Gasteiger partial charge < -0.3 is 14.5 Å². The molecule has 2 amide bonds. The zero-order valence-corrected chi connectivity index (χ0v) is 21.2. The van der Waals surface area contributed by atoms with Crippen LogP contribution < -0.4 is 0 Å². The number of rotatable bonds is 5. The summed E-state index contributed by atoms with van der Waals surface area (Å²) in [5.41, 5.74) is 0.315. The van der Waals surface area contributed by atoms with E-state index in [4.69, 9.17) is 23.2 Å². The Labute approximate surface area is 219 Å². The Morgan fingerprint density at radius 1 is 1.00 bits per heavy atom. The fourth-order valence-corrected chi connectivity index (χ4v) is 3.77. The summed E-state index contributed by atoms with van der Waals surface area (Å²) in [5.74, 6) is -1.53. The first-order valence-electron chi connectivity index (χ1n) is 10.9. The summed E-state index contributed by atoms with van der Waals surface area (Å²) in [6, 6.07) is 6.47. The highest BCUT2D eigenvalue weighted by molar-refractivity contribution is 6.34. The van der Waals surface area contributed by atoms with Crippen molar-refractivity contribution in [2.75, 3.05) is 20.2 Å². The smallest absolute Gasteiger partial charge is 0.358 e. The maximum Gasteiger partial charge on any atom is 0.358 e. The number of methoxy groups -OCH3 is 1. The SMILES string of the molecule is C=CN1CCC(C(=O)c2ncccc2Cl)C1=O.C=CN1CCCC1=O.COC(=O)c1ncccc1Cl. The molecule has 36 heavy (non-hydrogen) atoms. The zero-order chi connectivity index (χ0) is 26.7. The van der Waals surface area contributed by atoms with Gasteiger partial charge in [0.15, 0.2) is 11.5 Å². The average Bonchev–Trinajstić information content (AvgIpc) is 3.48. The first kappa shape index (κ1) is 28.7. The molecule has 0 spiro atoms. The molecule has 0 bridgehead atoms. The van der Waals surface area contributed by atoms with Crippen LogP contribution in [-0.2, 0) is 14.3 Å². The first-order chi connectivity index (χ1) is 17.2. The number of hydrogen-bond acceptors (Lipinski definition) is 7. The molecule has 9 nitrogen and oxygen atoms in total. The molecule has 0 N–H and O–H groups in total. The molecule has 2 saturated heterocycles. The fraction of sp³-hybridized carbons (Fsp3) is 0.280. The van der Waals surface area contributed by atoms with Crippen LogP contribution in [0.5, 0.6) is 0 Å². The van der Waals surface area contributed by atoms with E-state index < -0.39 is 11.9 Å². The maximum absolute atomic E-state index is 12.1. The summed E-state index contributed by atoms with van der Waals surface area (Å²) in [6.45, 7) is 8.41. The van der Waals surface area contributed by atoms with Crippen molar-refractivity contribution < 1.29 is 23.9 Å². The van der Waals surface area contributed by atoms with Crippen molar-refractivity contribution in [3.63, 3.8) is 0 Å². The number of pyridine rings is 2. The molecule has 11 heteroatoms. The van der Waals surface area contributed by atoms with Crippen LogP contribution in [-0.4, -0.2) is 63.5 Å². The molecule has 2 aliphatic rings. The van der Waals surface area contributed by atoms with Gasteiger partial charge in [0.25, 0.3) is 0 Å². The molecule has 0 radical (unpaired) electrons. The molecule has 2 aliphatic heterocycles. The summed E-state index contributed by atoms with van der Waals surface area (Å²) < 4.78 is 4.43. The number of likely N-dealkylation sites (tertiary alicyclic amines) is 2. The minimum atomic E-state index is -0.680. The summed E-state index contributed by atoms with van der Waals surface area (Å²) in [4.78, 5) is 56.2. The molecule has 4 rings (SSSR count). The van der Waals surface area contributed by atoms with E-state index in [0.717, 1.165) is 13.0 Å². The van der Waals surface area contributed by atoms with Crippen molar-refractivity contribution in [3.05, 3.63) is 83.7 Å². The number of amides is 2. The molecule has 4 heterocycles. The lowest BCUT2D eigenvalue weighted by atomic mass is 10.00. The highest BCUT2D eigenvalue weighted by Gasteiger charge is 2.37. The van der Waals surface area contributed by atoms with Crippen molar-refractivity contribution in [2.45, 2.75) is 19.3 Å². The molecule has 0 aliphatic carbocycles. The molecule has 1 atom stereocenters. The van der Waals surface area contributed by atoms with E-state index >= 15 is 0 Å². The van der Waals surface area contributed by atoms with E-state index in [9.17, 15) is 19.2 Å². The Hall–Kier alpha value is -3.56. The van der Waals surface area contributed by atoms with Crippen molar-refractivity contribution in [1.29, 1.82) is 0 Å². The summed E-state index contributed by atoms with van der Waals surface area (Å²) >= 11 is 11.5. The van der Waals surface area contributed by atoms with E-state index in [-0.39, 0.29) is 34.0 Å². The predicted molar refractivity (Wildman–Crippen MR) is 135 cm³/mol. The predicted octanol–water partition coefficient (Wildman–Crippen LogP) is 4.18. The average molecular weight is 533 g/mol. The van der Waals surface area contributed by atoms with Crippen LogP contribution in [0, 0.1) is 5.92 Å². The highest BCUT2D eigenvalue weighted by atomic mass is 35.5. The van der Waals surface area contributed by atoms with Gasteiger partial charge in [0.2, 0.25) is 11.8 Å². The van der Waals surface area contributed by atoms with E-state index in [1.807, 2.05) is 0 Å². The number of ether oxygens (including phenoxy) is 1. The number of carbonyl (C=O) groups is 4. The standard InChI is InChI=1S/C12H11ClN2O2.C7H6ClNO2.C6H9NO/c1-2-15-7-5-8(12(15)17)11(16)10-9(13)4-3-6-14-10;1-11-7(10)6-5(8)3-2-4-9-6;1-2-7-5-3-4-6(7)8/h2-4,6,8H,1,5,7H2;2-4H,1H3;2H,1,3-5H2. The van der Waals surface area contributed by atoms with Gasteiger partial charge in [-0.3, -0.25) is 19.4 Å². The van der Waals surface area contributed by atoms with Gasteiger partial charge in [0, 0.05) is 31.9 Å². The number of aromatic nitrogens is 2. The van der Waals surface area contributed by atoms with E-state index in [2.05, 4.69) is 27.9 Å². The number of nitrogens with zero attached hydrogens (tertiary/aromatic N) is 4. The third kappa shape index (κ3) is 7.47. The van der Waals surface area contributed by atoms with Crippen LogP contribution in [0.2, 0.25) is 10.0 Å². The molecular formula is C25H26Cl2N4O5. The highest BCUT2D eigenvalue weighted by Crippen LogP contribution is 2.24. The van der Waals surface area contributed by atoms with Crippen LogP contribution in [0.3, 0.4) is 0 Å². The Morgan fingerprint density at radius 2 is 1.58 bits per heavy atom. The maximum atomic E-state index is 12.1. The van der Waals surface area contributed by atoms with Crippen LogP contribution in [0.15, 0.2) is 62.2 Å². The van der Waals surface area contributed by atoms with Crippen molar-refractivity contribution in [2.24, 2.45) is 5.92 Å². The van der Waals surface area contributed by atoms with E-state index in [1.54, 1.807) is 35.4 Å². The molecule has 190 valence electrons. The summed E-state index contributed by atoms with van der Waals surface area (Å²) in [7, 11) is 1.29. The Kier molecular flexibility index (Phi) is 11.2. The minimum Gasteiger partial charge on any atom is -0.464 e. The van der Waals surface area contributed by atoms with Crippen LogP contribution in [0.4, 0.5) is 0 Å². The minimum absolute atomic E-state index is 0.150. The Balaban J connectivity index is 0.000000206. The second-order valence-corrected chi connectivity index (χ2v) is 8.27. The zero-order valence-electron chi connectivity index (χ0n) is 19.7. The largest absolute Gasteiger partial charge is 0.464 e. The normalized spacial score (nSPS) is 16.4. The van der Waals surface area contributed by atoms with Crippen molar-refractivity contribution in [1.82, 2.24) is 19.8 Å². The van der Waals surface area contributed by atoms with Gasteiger partial charge in [0.05, 0.1) is 17.2 Å². The number of Topliss-reactive ketones (excluding diaryl/α,β-unsaturated/α-hetero) is 1. The second kappa shape index (κ2) is 14.1. The van der Waals surface area contributed by atoms with Gasteiger partial charge in [0.1, 0.15) is 11.6 Å². The first-order valence-corrected chi connectivity index (χ1v) is 11.7. The summed E-state index contributed by atoms with van der Waals surface area (Å²) in [6.07, 6.45) is 8.18. The molecule has 2 fully saturated rings. The molecule has 0 saturated carbocycles. The lowest BCUT2D eigenvalue weighted by molar-refractivity contribution is -0.127. The van der Waals surface area contributed by atoms with Crippen molar-refractivity contribution >= 4 is 46.8 Å². The topological polar surface area (TPSA) is 110 Å². The van der Waals surface area contributed by atoms with Crippen LogP contribution in [0.1, 0.15) is 40.2 Å². The summed E-state index contributed by atoms with van der Waals surface area (Å²) in [5, 5.41) is 0.585. The number of hydrogen-bond donors (Lipinski definition) is 0. The van der Waals surface area contributed by atoms with Crippen LogP contribution in [0.25, 0.3) is 0 Å². The molecule has 0 aromatic carbocycles. The lowest BCUT2D eigenvalue weighted by Crippen LogP contribution is -2.27.